The molecule has 0 spiro atoms. The van der Waals surface area contributed by atoms with Crippen molar-refractivity contribution in [1.29, 1.82) is 0 Å². The van der Waals surface area contributed by atoms with Gasteiger partial charge in [0.2, 0.25) is 0 Å². The summed E-state index contributed by atoms with van der Waals surface area (Å²) >= 11 is 3.35. The first-order chi connectivity index (χ1) is 14.2. The maximum atomic E-state index is 12.9. The van der Waals surface area contributed by atoms with Gasteiger partial charge in [-0.2, -0.15) is 0 Å². The normalized spacial score (nSPS) is 16.2. The fourth-order valence-electron chi connectivity index (χ4n) is 2.61. The summed E-state index contributed by atoms with van der Waals surface area (Å²) in [6, 6.07) is 0. The van der Waals surface area contributed by atoms with Crippen molar-refractivity contribution in [3.8, 4) is 0 Å². The maximum absolute atomic E-state index is 12.9. The van der Waals surface area contributed by atoms with Gasteiger partial charge >= 0.3 is 23.9 Å². The van der Waals surface area contributed by atoms with Crippen molar-refractivity contribution in [2.45, 2.75) is 90.7 Å². The Morgan fingerprint density at radius 1 is 0.688 bits per heavy atom. The third-order valence-corrected chi connectivity index (χ3v) is 6.82. The van der Waals surface area contributed by atoms with Gasteiger partial charge < -0.3 is 18.9 Å². The van der Waals surface area contributed by atoms with Crippen molar-refractivity contribution < 1.29 is 38.1 Å². The van der Waals surface area contributed by atoms with Gasteiger partial charge in [-0.3, -0.25) is 19.2 Å². The molecule has 0 N–H and O–H groups in total. The minimum absolute atomic E-state index is 0.347. The third kappa shape index (κ3) is 8.05. The zero-order chi connectivity index (χ0) is 25.7. The summed E-state index contributed by atoms with van der Waals surface area (Å²) in [5, 5.41) is 0. The van der Waals surface area contributed by atoms with Gasteiger partial charge in [-0.25, -0.2) is 0 Å². The lowest BCUT2D eigenvalue weighted by molar-refractivity contribution is -0.187. The SMILES string of the molecule is COC(=O)[C@H](C)C(C)(C)OC(=O)[C@H](C)C(C)(C)OC(=O)C(C)(C)CCC(C)(Br)C(=O)OC. The average molecular weight is 523 g/mol. The molecule has 8 nitrogen and oxygen atoms in total. The second kappa shape index (κ2) is 11.0. The monoisotopic (exact) mass is 522 g/mol. The van der Waals surface area contributed by atoms with E-state index in [-0.39, 0.29) is 0 Å². The van der Waals surface area contributed by atoms with Gasteiger partial charge in [0.05, 0.1) is 31.5 Å². The molecule has 0 aromatic heterocycles. The molecule has 0 aliphatic rings. The van der Waals surface area contributed by atoms with Crippen molar-refractivity contribution in [3.63, 3.8) is 0 Å². The number of alkyl halides is 1. The molecule has 3 atom stereocenters. The lowest BCUT2D eigenvalue weighted by Crippen LogP contribution is -2.47. The van der Waals surface area contributed by atoms with Gasteiger partial charge in [0, 0.05) is 0 Å². The number of ether oxygens (including phenoxy) is 4. The molecule has 9 heteroatoms. The largest absolute Gasteiger partial charge is 0.469 e. The van der Waals surface area contributed by atoms with E-state index >= 15 is 0 Å². The highest BCUT2D eigenvalue weighted by Crippen LogP contribution is 2.35. The second-order valence-electron chi connectivity index (χ2n) is 10.1. The van der Waals surface area contributed by atoms with Gasteiger partial charge in [-0.05, 0) is 75.2 Å². The Morgan fingerprint density at radius 2 is 1.12 bits per heavy atom. The first-order valence-electron chi connectivity index (χ1n) is 10.6. The highest BCUT2D eigenvalue weighted by Gasteiger charge is 2.44. The summed E-state index contributed by atoms with van der Waals surface area (Å²) in [7, 11) is 2.57. The fraction of sp³-hybridized carbons (Fsp3) is 0.826. The number of halogens is 1. The standard InChI is InChI=1S/C23H39BrO8/c1-14(16(25)29-10)21(5,6)31-17(26)15(2)22(7,8)32-18(27)20(3,4)12-13-23(9,24)19(28)30-11/h14-15H,12-13H2,1-11H3/t14-,15-,23?/m0/s1. The fourth-order valence-corrected chi connectivity index (χ4v) is 2.97. The van der Waals surface area contributed by atoms with Crippen LogP contribution in [0.2, 0.25) is 0 Å². The number of hydrogen-bond acceptors (Lipinski definition) is 8. The Morgan fingerprint density at radius 3 is 1.56 bits per heavy atom. The van der Waals surface area contributed by atoms with E-state index in [0.29, 0.717) is 12.8 Å². The maximum Gasteiger partial charge on any atom is 0.322 e. The molecular weight excluding hydrogens is 484 g/mol. The van der Waals surface area contributed by atoms with Crippen LogP contribution in [0.15, 0.2) is 0 Å². The van der Waals surface area contributed by atoms with Crippen molar-refractivity contribution in [2.24, 2.45) is 17.3 Å². The summed E-state index contributed by atoms with van der Waals surface area (Å²) < 4.78 is 19.9. The van der Waals surface area contributed by atoms with Crippen LogP contribution in [-0.2, 0) is 38.1 Å². The van der Waals surface area contributed by atoms with Gasteiger partial charge in [0.1, 0.15) is 15.5 Å². The number of carbonyl (C=O) groups is 4. The van der Waals surface area contributed by atoms with Gasteiger partial charge in [0.25, 0.3) is 0 Å². The molecule has 0 saturated heterocycles. The van der Waals surface area contributed by atoms with Crippen molar-refractivity contribution in [2.75, 3.05) is 14.2 Å². The van der Waals surface area contributed by atoms with E-state index in [1.165, 1.54) is 14.2 Å². The minimum Gasteiger partial charge on any atom is -0.469 e. The molecule has 0 saturated carbocycles. The number of rotatable bonds is 11. The van der Waals surface area contributed by atoms with E-state index in [1.54, 1.807) is 62.3 Å². The van der Waals surface area contributed by atoms with Crippen LogP contribution in [0, 0.1) is 17.3 Å². The third-order valence-electron chi connectivity index (χ3n) is 6.10. The molecule has 0 aromatic carbocycles. The first kappa shape index (κ1) is 30.4. The lowest BCUT2D eigenvalue weighted by Gasteiger charge is -2.37. The predicted octanol–water partition coefficient (Wildman–Crippen LogP) is 4.21. The van der Waals surface area contributed by atoms with Crippen LogP contribution < -0.4 is 0 Å². The molecule has 1 unspecified atom stereocenters. The molecule has 0 aromatic rings. The van der Waals surface area contributed by atoms with Crippen LogP contribution in [0.1, 0.15) is 75.2 Å². The van der Waals surface area contributed by atoms with Gasteiger partial charge in [0.15, 0.2) is 0 Å². The summed E-state index contributed by atoms with van der Waals surface area (Å²) in [6.07, 6.45) is 0.695. The molecule has 32 heavy (non-hydrogen) atoms. The first-order valence-corrected chi connectivity index (χ1v) is 11.4. The van der Waals surface area contributed by atoms with Crippen LogP contribution in [0.3, 0.4) is 0 Å². The Hall–Kier alpha value is -1.64. The zero-order valence-corrected chi connectivity index (χ0v) is 22.8. The number of carbonyl (C=O) groups excluding carboxylic acids is 4. The van der Waals surface area contributed by atoms with E-state index in [2.05, 4.69) is 15.9 Å². The molecule has 186 valence electrons. The Bertz CT molecular complexity index is 709. The topological polar surface area (TPSA) is 105 Å². The van der Waals surface area contributed by atoms with Crippen LogP contribution in [0.4, 0.5) is 0 Å². The van der Waals surface area contributed by atoms with E-state index < -0.39 is 56.7 Å². The van der Waals surface area contributed by atoms with Crippen molar-refractivity contribution >= 4 is 39.8 Å². The number of methoxy groups -OCH3 is 2. The van der Waals surface area contributed by atoms with Crippen LogP contribution in [0.5, 0.6) is 0 Å². The van der Waals surface area contributed by atoms with Crippen LogP contribution in [-0.4, -0.2) is 53.6 Å². The molecular formula is C23H39BrO8. The van der Waals surface area contributed by atoms with E-state index in [9.17, 15) is 19.2 Å². The van der Waals surface area contributed by atoms with Gasteiger partial charge in [-0.1, -0.05) is 15.9 Å². The zero-order valence-electron chi connectivity index (χ0n) is 21.2. The van der Waals surface area contributed by atoms with E-state index in [1.807, 2.05) is 0 Å². The molecule has 0 aliphatic heterocycles. The minimum atomic E-state index is -1.17. The summed E-state index contributed by atoms with van der Waals surface area (Å²) in [5.41, 5.74) is -3.19. The Kier molecular flexibility index (Phi) is 10.4. The van der Waals surface area contributed by atoms with E-state index in [4.69, 9.17) is 18.9 Å². The molecule has 0 amide bonds. The summed E-state index contributed by atoms with van der Waals surface area (Å²) in [6.45, 7) is 14.8. The summed E-state index contributed by atoms with van der Waals surface area (Å²) in [5.74, 6) is -3.50. The Labute approximate surface area is 200 Å². The molecule has 0 heterocycles. The second-order valence-corrected chi connectivity index (χ2v) is 11.8. The Balaban J connectivity index is 5.25. The van der Waals surface area contributed by atoms with Crippen LogP contribution in [0.25, 0.3) is 0 Å². The predicted molar refractivity (Wildman–Crippen MR) is 123 cm³/mol. The molecule has 0 radical (unpaired) electrons. The van der Waals surface area contributed by atoms with Crippen molar-refractivity contribution in [3.05, 3.63) is 0 Å². The highest BCUT2D eigenvalue weighted by molar-refractivity contribution is 9.10. The van der Waals surface area contributed by atoms with E-state index in [0.717, 1.165) is 0 Å². The molecule has 0 fully saturated rings. The van der Waals surface area contributed by atoms with Crippen LogP contribution >= 0.6 is 15.9 Å². The van der Waals surface area contributed by atoms with Gasteiger partial charge in [-0.15, -0.1) is 0 Å². The highest BCUT2D eigenvalue weighted by atomic mass is 79.9. The smallest absolute Gasteiger partial charge is 0.322 e. The number of hydrogen-bond donors (Lipinski definition) is 0. The average Bonchev–Trinajstić information content (AvgIpc) is 2.68. The summed E-state index contributed by atoms with van der Waals surface area (Å²) in [4.78, 5) is 49.4. The molecule has 0 bridgehead atoms. The molecule has 0 rings (SSSR count). The number of esters is 4. The molecule has 0 aliphatic carbocycles. The van der Waals surface area contributed by atoms with Crippen molar-refractivity contribution in [1.82, 2.24) is 0 Å². The quantitative estimate of drug-likeness (QED) is 0.225. The lowest BCUT2D eigenvalue weighted by atomic mass is 9.84.